The van der Waals surface area contributed by atoms with Gasteiger partial charge in [-0.2, -0.15) is 0 Å². The van der Waals surface area contributed by atoms with E-state index in [4.69, 9.17) is 4.74 Å². The zero-order valence-electron chi connectivity index (χ0n) is 20.2. The number of carbonyl (C=O) groups excluding carboxylic acids is 3. The van der Waals surface area contributed by atoms with Gasteiger partial charge in [-0.3, -0.25) is 14.5 Å². The van der Waals surface area contributed by atoms with Crippen LogP contribution in [0, 0.1) is 0 Å². The topological polar surface area (TPSA) is 117 Å². The molecule has 0 aliphatic carbocycles. The number of aromatic nitrogens is 2. The molecule has 0 saturated carbocycles. The van der Waals surface area contributed by atoms with Gasteiger partial charge >= 0.3 is 6.03 Å². The van der Waals surface area contributed by atoms with E-state index < -0.39 is 6.04 Å². The van der Waals surface area contributed by atoms with Crippen LogP contribution in [-0.2, 0) is 16.1 Å². The molecule has 1 unspecified atom stereocenters. The number of rotatable bonds is 7. The van der Waals surface area contributed by atoms with Crippen LogP contribution in [0.15, 0.2) is 61.4 Å². The number of hydrogen-bond acceptors (Lipinski definition) is 6. The Morgan fingerprint density at radius 3 is 2.72 bits per heavy atom. The van der Waals surface area contributed by atoms with Crippen molar-refractivity contribution in [3.05, 3.63) is 67.0 Å². The van der Waals surface area contributed by atoms with E-state index in [1.807, 2.05) is 30.3 Å². The molecule has 3 aromatic rings. The van der Waals surface area contributed by atoms with Crippen molar-refractivity contribution in [2.24, 2.45) is 0 Å². The number of methoxy groups -OCH3 is 1. The molecule has 1 fully saturated rings. The molecule has 186 valence electrons. The van der Waals surface area contributed by atoms with Crippen LogP contribution in [0.4, 0.5) is 16.3 Å². The second-order valence-corrected chi connectivity index (χ2v) is 8.35. The highest BCUT2D eigenvalue weighted by Gasteiger charge is 2.33. The van der Waals surface area contributed by atoms with Gasteiger partial charge in [-0.05, 0) is 30.5 Å². The lowest BCUT2D eigenvalue weighted by atomic mass is 10.1. The number of ether oxygens (including phenoxy) is 1. The summed E-state index contributed by atoms with van der Waals surface area (Å²) in [5.41, 5.74) is 1.90. The molecule has 1 saturated heterocycles. The first-order valence-electron chi connectivity index (χ1n) is 11.5. The summed E-state index contributed by atoms with van der Waals surface area (Å²) >= 11 is 0. The van der Waals surface area contributed by atoms with Crippen LogP contribution in [-0.4, -0.2) is 59.5 Å². The molecule has 0 radical (unpaired) electrons. The lowest BCUT2D eigenvalue weighted by molar-refractivity contribution is -0.132. The van der Waals surface area contributed by atoms with E-state index in [2.05, 4.69) is 27.2 Å². The van der Waals surface area contributed by atoms with Gasteiger partial charge in [-0.25, -0.2) is 14.8 Å². The lowest BCUT2D eigenvalue weighted by Gasteiger charge is -2.23. The highest BCUT2D eigenvalue weighted by Crippen LogP contribution is 2.34. The zero-order chi connectivity index (χ0) is 25.7. The molecular formula is C26H28N6O4. The van der Waals surface area contributed by atoms with E-state index in [1.54, 1.807) is 19.2 Å². The van der Waals surface area contributed by atoms with Crippen molar-refractivity contribution in [1.82, 2.24) is 20.2 Å². The quantitative estimate of drug-likeness (QED) is 0.494. The summed E-state index contributed by atoms with van der Waals surface area (Å²) in [5.74, 6) is 0.161. The Labute approximate surface area is 209 Å². The van der Waals surface area contributed by atoms with Crippen LogP contribution in [0.1, 0.15) is 18.4 Å². The van der Waals surface area contributed by atoms with Crippen LogP contribution < -0.4 is 20.3 Å². The fraction of sp³-hybridized carbons (Fsp3) is 0.269. The number of nitrogens with one attached hydrogen (secondary N) is 2. The summed E-state index contributed by atoms with van der Waals surface area (Å²) in [7, 11) is 3.10. The summed E-state index contributed by atoms with van der Waals surface area (Å²) in [5, 5.41) is 6.31. The van der Waals surface area contributed by atoms with Crippen molar-refractivity contribution in [3.63, 3.8) is 0 Å². The molecule has 1 aliphatic heterocycles. The number of likely N-dealkylation sites (tertiary alicyclic amines) is 1. The molecular weight excluding hydrogens is 460 g/mol. The maximum absolute atomic E-state index is 13.1. The monoisotopic (exact) mass is 488 g/mol. The minimum atomic E-state index is -0.603. The van der Waals surface area contributed by atoms with Gasteiger partial charge in [0.2, 0.25) is 11.8 Å². The number of nitrogens with zero attached hydrogens (tertiary/aromatic N) is 4. The molecule has 4 rings (SSSR count). The number of fused-ring (bicyclic) bond motifs is 1. The van der Waals surface area contributed by atoms with Crippen LogP contribution in [0.25, 0.3) is 10.9 Å². The van der Waals surface area contributed by atoms with Crippen molar-refractivity contribution >= 4 is 40.3 Å². The van der Waals surface area contributed by atoms with Gasteiger partial charge < -0.3 is 20.3 Å². The number of carbonyl (C=O) groups is 3. The first-order chi connectivity index (χ1) is 17.4. The molecule has 1 aliphatic rings. The number of anilines is 2. The molecule has 1 atom stereocenters. The van der Waals surface area contributed by atoms with Gasteiger partial charge in [0.15, 0.2) is 0 Å². The van der Waals surface area contributed by atoms with Crippen LogP contribution in [0.3, 0.4) is 0 Å². The SMILES string of the molecule is C=CC(=O)N1CCCC1C(=O)Nc1cc2c(N(C)C(=O)NCc3ccccc3)ncnc2cc1OC. The average Bonchev–Trinajstić information content (AvgIpc) is 3.41. The smallest absolute Gasteiger partial charge is 0.323 e. The van der Waals surface area contributed by atoms with Gasteiger partial charge in [0, 0.05) is 31.6 Å². The third-order valence-electron chi connectivity index (χ3n) is 6.12. The fourth-order valence-corrected chi connectivity index (χ4v) is 4.23. The molecule has 10 nitrogen and oxygen atoms in total. The fourth-order valence-electron chi connectivity index (χ4n) is 4.23. The third-order valence-corrected chi connectivity index (χ3v) is 6.12. The summed E-state index contributed by atoms with van der Waals surface area (Å²) < 4.78 is 5.48. The van der Waals surface area contributed by atoms with E-state index in [9.17, 15) is 14.4 Å². The maximum atomic E-state index is 13.1. The standard InChI is InChI=1S/C26H28N6O4/c1-4-23(33)32-12-8-11-21(32)25(34)30-20-13-18-19(14-22(20)36-3)28-16-29-24(18)31(2)26(35)27-15-17-9-6-5-7-10-17/h4-7,9-10,13-14,16,21H,1,8,11-12,15H2,2-3H3,(H,27,35)(H,30,34). The first-order valence-corrected chi connectivity index (χ1v) is 11.5. The summed E-state index contributed by atoms with van der Waals surface area (Å²) in [6, 6.07) is 12.0. The van der Waals surface area contributed by atoms with E-state index in [-0.39, 0.29) is 17.8 Å². The van der Waals surface area contributed by atoms with Crippen molar-refractivity contribution in [2.75, 3.05) is 30.9 Å². The second kappa shape index (κ2) is 10.9. The molecule has 36 heavy (non-hydrogen) atoms. The predicted molar refractivity (Wildman–Crippen MR) is 137 cm³/mol. The molecule has 2 aromatic carbocycles. The van der Waals surface area contributed by atoms with E-state index >= 15 is 0 Å². The number of urea groups is 1. The van der Waals surface area contributed by atoms with Crippen LogP contribution in [0.2, 0.25) is 0 Å². The normalized spacial score (nSPS) is 14.8. The summed E-state index contributed by atoms with van der Waals surface area (Å²) in [6.07, 6.45) is 3.87. The van der Waals surface area contributed by atoms with Crippen molar-refractivity contribution in [1.29, 1.82) is 0 Å². The Morgan fingerprint density at radius 2 is 2.00 bits per heavy atom. The Morgan fingerprint density at radius 1 is 1.22 bits per heavy atom. The number of hydrogen-bond donors (Lipinski definition) is 2. The Balaban J connectivity index is 1.59. The van der Waals surface area contributed by atoms with E-state index in [0.717, 1.165) is 12.0 Å². The van der Waals surface area contributed by atoms with E-state index in [1.165, 1.54) is 29.3 Å². The molecule has 0 spiro atoms. The van der Waals surface area contributed by atoms with Gasteiger partial charge in [-0.1, -0.05) is 36.9 Å². The molecule has 2 heterocycles. The maximum Gasteiger partial charge on any atom is 0.323 e. The number of benzene rings is 2. The minimum absolute atomic E-state index is 0.281. The second-order valence-electron chi connectivity index (χ2n) is 8.35. The zero-order valence-corrected chi connectivity index (χ0v) is 20.2. The van der Waals surface area contributed by atoms with Gasteiger partial charge in [0.1, 0.15) is 23.9 Å². The number of amides is 4. The Kier molecular flexibility index (Phi) is 7.43. The molecule has 0 bridgehead atoms. The summed E-state index contributed by atoms with van der Waals surface area (Å²) in [6.45, 7) is 4.38. The van der Waals surface area contributed by atoms with Gasteiger partial charge in [0.25, 0.3) is 0 Å². The van der Waals surface area contributed by atoms with E-state index in [0.29, 0.717) is 47.7 Å². The van der Waals surface area contributed by atoms with Gasteiger partial charge in [-0.15, -0.1) is 0 Å². The Hall–Kier alpha value is -4.47. The average molecular weight is 489 g/mol. The Bertz CT molecular complexity index is 1300. The summed E-state index contributed by atoms with van der Waals surface area (Å²) in [4.78, 5) is 49.6. The minimum Gasteiger partial charge on any atom is -0.494 e. The van der Waals surface area contributed by atoms with Crippen LogP contribution in [0.5, 0.6) is 5.75 Å². The first kappa shape index (κ1) is 24.6. The highest BCUT2D eigenvalue weighted by atomic mass is 16.5. The molecule has 1 aromatic heterocycles. The lowest BCUT2D eigenvalue weighted by Crippen LogP contribution is -2.42. The molecule has 4 amide bonds. The van der Waals surface area contributed by atoms with Crippen molar-refractivity contribution < 1.29 is 19.1 Å². The van der Waals surface area contributed by atoms with Crippen molar-refractivity contribution in [3.8, 4) is 5.75 Å². The van der Waals surface area contributed by atoms with Crippen LogP contribution >= 0.6 is 0 Å². The van der Waals surface area contributed by atoms with Gasteiger partial charge in [0.05, 0.1) is 18.3 Å². The molecule has 10 heteroatoms. The molecule has 2 N–H and O–H groups in total. The highest BCUT2D eigenvalue weighted by molar-refractivity contribution is 6.05. The third kappa shape index (κ3) is 5.12. The predicted octanol–water partition coefficient (Wildman–Crippen LogP) is 3.10. The van der Waals surface area contributed by atoms with Crippen molar-refractivity contribution in [2.45, 2.75) is 25.4 Å². The largest absolute Gasteiger partial charge is 0.494 e.